The number of nitrogens with one attached hydrogen (secondary N) is 1. The summed E-state index contributed by atoms with van der Waals surface area (Å²) >= 11 is 0. The fourth-order valence-electron chi connectivity index (χ4n) is 4.04. The van der Waals surface area contributed by atoms with Crippen LogP contribution in [0, 0.1) is 19.8 Å². The van der Waals surface area contributed by atoms with Crippen molar-refractivity contribution in [3.63, 3.8) is 0 Å². The molecule has 4 nitrogen and oxygen atoms in total. The largest absolute Gasteiger partial charge is 0.381 e. The van der Waals surface area contributed by atoms with Gasteiger partial charge < -0.3 is 14.6 Å². The maximum Gasteiger partial charge on any atom is 0.253 e. The summed E-state index contributed by atoms with van der Waals surface area (Å²) in [6.45, 7) is 6.80. The van der Waals surface area contributed by atoms with Crippen molar-refractivity contribution in [2.45, 2.75) is 71.4 Å². The predicted molar refractivity (Wildman–Crippen MR) is 91.8 cm³/mol. The summed E-state index contributed by atoms with van der Waals surface area (Å²) in [7, 11) is 0. The van der Waals surface area contributed by atoms with E-state index in [0.29, 0.717) is 0 Å². The molecule has 1 aliphatic heterocycles. The number of carbonyl (C=O) groups excluding carboxylic acids is 1. The number of carbonyl (C=O) groups is 1. The Morgan fingerprint density at radius 3 is 2.57 bits per heavy atom. The molecule has 0 spiro atoms. The lowest BCUT2D eigenvalue weighted by Crippen LogP contribution is -2.39. The third kappa shape index (κ3) is 3.97. The molecule has 0 atom stereocenters. The molecule has 23 heavy (non-hydrogen) atoms. The smallest absolute Gasteiger partial charge is 0.253 e. The van der Waals surface area contributed by atoms with Crippen LogP contribution in [-0.2, 0) is 11.3 Å². The Balaban J connectivity index is 1.67. The van der Waals surface area contributed by atoms with Gasteiger partial charge in [-0.3, -0.25) is 4.79 Å². The van der Waals surface area contributed by atoms with E-state index >= 15 is 0 Å². The summed E-state index contributed by atoms with van der Waals surface area (Å²) in [5, 5.41) is 3.19. The van der Waals surface area contributed by atoms with E-state index < -0.39 is 0 Å². The van der Waals surface area contributed by atoms with Crippen molar-refractivity contribution in [3.05, 3.63) is 23.0 Å². The van der Waals surface area contributed by atoms with Gasteiger partial charge in [0.05, 0.1) is 5.56 Å². The van der Waals surface area contributed by atoms with Gasteiger partial charge in [0.1, 0.15) is 0 Å². The Morgan fingerprint density at radius 2 is 1.87 bits per heavy atom. The number of nitrogens with zero attached hydrogens (tertiary/aromatic N) is 1. The zero-order valence-corrected chi connectivity index (χ0v) is 14.6. The summed E-state index contributed by atoms with van der Waals surface area (Å²) in [4.78, 5) is 12.6. The van der Waals surface area contributed by atoms with Crippen LogP contribution in [0.2, 0.25) is 0 Å². The van der Waals surface area contributed by atoms with Gasteiger partial charge in [0, 0.05) is 37.2 Å². The molecule has 4 heteroatoms. The Bertz CT molecular complexity index is 538. The monoisotopic (exact) mass is 318 g/mol. The molecule has 1 aromatic heterocycles. The van der Waals surface area contributed by atoms with Gasteiger partial charge in [-0.2, -0.15) is 0 Å². The molecule has 0 aromatic carbocycles. The van der Waals surface area contributed by atoms with Crippen molar-refractivity contribution >= 4 is 5.91 Å². The van der Waals surface area contributed by atoms with E-state index in [0.717, 1.165) is 49.8 Å². The molecule has 1 amide bonds. The van der Waals surface area contributed by atoms with Crippen molar-refractivity contribution in [1.29, 1.82) is 0 Å². The van der Waals surface area contributed by atoms with E-state index in [1.807, 2.05) is 0 Å². The van der Waals surface area contributed by atoms with Crippen LogP contribution >= 0.6 is 0 Å². The first-order valence-corrected chi connectivity index (χ1v) is 9.20. The molecule has 0 unspecified atom stereocenters. The van der Waals surface area contributed by atoms with Gasteiger partial charge in [-0.15, -0.1) is 0 Å². The highest BCUT2D eigenvalue weighted by Crippen LogP contribution is 2.27. The Morgan fingerprint density at radius 1 is 1.17 bits per heavy atom. The number of hydrogen-bond donors (Lipinski definition) is 1. The maximum absolute atomic E-state index is 12.6. The summed E-state index contributed by atoms with van der Waals surface area (Å²) in [5.41, 5.74) is 3.19. The van der Waals surface area contributed by atoms with Gasteiger partial charge in [0.15, 0.2) is 0 Å². The molecule has 1 aromatic rings. The van der Waals surface area contributed by atoms with Crippen LogP contribution in [0.3, 0.4) is 0 Å². The molecule has 1 aliphatic carbocycles. The van der Waals surface area contributed by atoms with Crippen LogP contribution in [0.5, 0.6) is 0 Å². The van der Waals surface area contributed by atoms with Crippen molar-refractivity contribution in [1.82, 2.24) is 9.88 Å². The molecule has 3 rings (SSSR count). The molecule has 1 N–H and O–H groups in total. The van der Waals surface area contributed by atoms with E-state index in [1.54, 1.807) is 0 Å². The fraction of sp³-hybridized carbons (Fsp3) is 0.737. The molecule has 128 valence electrons. The highest BCUT2D eigenvalue weighted by molar-refractivity contribution is 5.95. The number of aromatic nitrogens is 1. The average molecular weight is 318 g/mol. The molecular weight excluding hydrogens is 288 g/mol. The van der Waals surface area contributed by atoms with Crippen molar-refractivity contribution in [3.8, 4) is 0 Å². The minimum Gasteiger partial charge on any atom is -0.381 e. The van der Waals surface area contributed by atoms with Crippen LogP contribution in [0.1, 0.15) is 66.7 Å². The highest BCUT2D eigenvalue weighted by atomic mass is 16.5. The predicted octanol–water partition coefficient (Wildman–Crippen LogP) is 3.59. The normalized spacial score (nSPS) is 20.6. The number of hydrogen-bond acceptors (Lipinski definition) is 2. The first-order chi connectivity index (χ1) is 11.1. The summed E-state index contributed by atoms with van der Waals surface area (Å²) in [5.74, 6) is 0.861. The van der Waals surface area contributed by atoms with E-state index in [1.165, 1.54) is 37.8 Å². The first-order valence-electron chi connectivity index (χ1n) is 9.20. The third-order valence-electron chi connectivity index (χ3n) is 5.54. The van der Waals surface area contributed by atoms with Gasteiger partial charge in [-0.1, -0.05) is 19.3 Å². The van der Waals surface area contributed by atoms with Crippen LogP contribution in [0.15, 0.2) is 6.07 Å². The van der Waals surface area contributed by atoms with Crippen LogP contribution in [-0.4, -0.2) is 29.7 Å². The van der Waals surface area contributed by atoms with Gasteiger partial charge in [-0.05, 0) is 51.5 Å². The average Bonchev–Trinajstić information content (AvgIpc) is 2.85. The molecule has 0 radical (unpaired) electrons. The number of aryl methyl sites for hydroxylation is 1. The molecule has 1 saturated carbocycles. The minimum atomic E-state index is 0.0832. The zero-order chi connectivity index (χ0) is 16.2. The third-order valence-corrected chi connectivity index (χ3v) is 5.54. The molecule has 2 heterocycles. The number of rotatable bonds is 4. The lowest BCUT2D eigenvalue weighted by atomic mass is 9.89. The van der Waals surface area contributed by atoms with Crippen LogP contribution < -0.4 is 5.32 Å². The topological polar surface area (TPSA) is 43.3 Å². The molecule has 0 bridgehead atoms. The van der Waals surface area contributed by atoms with Crippen LogP contribution in [0.25, 0.3) is 0 Å². The van der Waals surface area contributed by atoms with E-state index in [2.05, 4.69) is 29.8 Å². The van der Waals surface area contributed by atoms with E-state index in [9.17, 15) is 4.79 Å². The molecule has 2 fully saturated rings. The lowest BCUT2D eigenvalue weighted by Gasteiger charge is -2.24. The fourth-order valence-corrected chi connectivity index (χ4v) is 4.04. The standard InChI is InChI=1S/C19H30N2O2/c1-14-12-18(19(22)20-17-8-10-23-11-9-17)15(2)21(14)13-16-6-4-3-5-7-16/h12,16-17H,3-11,13H2,1-2H3,(H,20,22). The Kier molecular flexibility index (Phi) is 5.42. The second-order valence-corrected chi connectivity index (χ2v) is 7.26. The molecular formula is C19H30N2O2. The van der Waals surface area contributed by atoms with E-state index in [-0.39, 0.29) is 11.9 Å². The van der Waals surface area contributed by atoms with Gasteiger partial charge in [0.25, 0.3) is 5.91 Å². The highest BCUT2D eigenvalue weighted by Gasteiger charge is 2.22. The number of ether oxygens (including phenoxy) is 1. The van der Waals surface area contributed by atoms with Gasteiger partial charge in [0.2, 0.25) is 0 Å². The summed E-state index contributed by atoms with van der Waals surface area (Å²) in [6, 6.07) is 2.32. The minimum absolute atomic E-state index is 0.0832. The first kappa shape index (κ1) is 16.6. The summed E-state index contributed by atoms with van der Waals surface area (Å²) < 4.78 is 7.72. The SMILES string of the molecule is Cc1cc(C(=O)NC2CCOCC2)c(C)n1CC1CCCCC1. The zero-order valence-electron chi connectivity index (χ0n) is 14.6. The quantitative estimate of drug-likeness (QED) is 0.922. The van der Waals surface area contributed by atoms with Crippen molar-refractivity contribution < 1.29 is 9.53 Å². The maximum atomic E-state index is 12.6. The second kappa shape index (κ2) is 7.52. The number of amides is 1. The lowest BCUT2D eigenvalue weighted by molar-refractivity contribution is 0.0696. The Hall–Kier alpha value is -1.29. The van der Waals surface area contributed by atoms with Gasteiger partial charge in [-0.25, -0.2) is 0 Å². The van der Waals surface area contributed by atoms with Crippen molar-refractivity contribution in [2.75, 3.05) is 13.2 Å². The molecule has 2 aliphatic rings. The van der Waals surface area contributed by atoms with Gasteiger partial charge >= 0.3 is 0 Å². The summed E-state index contributed by atoms with van der Waals surface area (Å²) in [6.07, 6.45) is 8.63. The Labute approximate surface area is 139 Å². The van der Waals surface area contributed by atoms with Crippen LogP contribution in [0.4, 0.5) is 0 Å². The molecule has 1 saturated heterocycles. The second-order valence-electron chi connectivity index (χ2n) is 7.26. The van der Waals surface area contributed by atoms with Crippen molar-refractivity contribution in [2.24, 2.45) is 5.92 Å². The van der Waals surface area contributed by atoms with E-state index in [4.69, 9.17) is 4.74 Å².